The number of ketones is 1. The number of ether oxygens (including phenoxy) is 1. The number of methoxy groups -OCH3 is 1. The summed E-state index contributed by atoms with van der Waals surface area (Å²) in [5, 5.41) is 12.9. The third-order valence-electron chi connectivity index (χ3n) is 6.76. The third-order valence-corrected chi connectivity index (χ3v) is 6.76. The van der Waals surface area contributed by atoms with Gasteiger partial charge >= 0.3 is 6.09 Å². The van der Waals surface area contributed by atoms with Gasteiger partial charge in [-0.05, 0) is 31.9 Å². The first kappa shape index (κ1) is 32.0. The Morgan fingerprint density at radius 1 is 1.07 bits per heavy atom. The van der Waals surface area contributed by atoms with Gasteiger partial charge in [0, 0.05) is 11.5 Å². The maximum absolute atomic E-state index is 13.6. The Bertz CT molecular complexity index is 1780. The van der Waals surface area contributed by atoms with Crippen LogP contribution in [0.3, 0.4) is 0 Å². The maximum atomic E-state index is 13.6. The molecular formula is C29H34FN7O7. The molecule has 0 radical (unpaired) electrons. The number of rotatable bonds is 9. The largest absolute Gasteiger partial charge is 0.453 e. The average Bonchev–Trinajstić information content (AvgIpc) is 3.61. The Morgan fingerprint density at radius 3 is 2.41 bits per heavy atom. The van der Waals surface area contributed by atoms with E-state index in [4.69, 9.17) is 8.83 Å². The molecule has 1 aromatic carbocycles. The van der Waals surface area contributed by atoms with Gasteiger partial charge in [-0.25, -0.2) is 19.2 Å². The van der Waals surface area contributed by atoms with Gasteiger partial charge in [-0.15, -0.1) is 10.2 Å². The minimum Gasteiger partial charge on any atom is -0.453 e. The molecule has 2 N–H and O–H groups in total. The Kier molecular flexibility index (Phi) is 8.70. The maximum Gasteiger partial charge on any atom is 0.411 e. The van der Waals surface area contributed by atoms with Gasteiger partial charge < -0.3 is 18.9 Å². The van der Waals surface area contributed by atoms with Crippen molar-refractivity contribution in [3.63, 3.8) is 0 Å². The Balaban J connectivity index is 1.57. The highest BCUT2D eigenvalue weighted by molar-refractivity contribution is 5.98. The van der Waals surface area contributed by atoms with Crippen LogP contribution in [0, 0.1) is 11.7 Å². The molecule has 0 aliphatic rings. The van der Waals surface area contributed by atoms with Crippen LogP contribution in [-0.4, -0.2) is 55.7 Å². The predicted octanol–water partition coefficient (Wildman–Crippen LogP) is 3.73. The number of fused-ring (bicyclic) bond motifs is 1. The van der Waals surface area contributed by atoms with Crippen LogP contribution in [0.15, 0.2) is 38.0 Å². The number of benzene rings is 1. The van der Waals surface area contributed by atoms with E-state index in [9.17, 15) is 23.6 Å². The first-order chi connectivity index (χ1) is 20.5. The number of carbonyl (C=O) groups is 3. The van der Waals surface area contributed by atoms with Crippen LogP contribution in [-0.2, 0) is 26.9 Å². The van der Waals surface area contributed by atoms with Gasteiger partial charge in [0.25, 0.3) is 11.4 Å². The molecule has 0 aliphatic heterocycles. The SMILES string of the molecule is COC(=O)Nc1cnc(C(C)(C)C)n(CC(=O)N[C@@H](C(=O)c2nnc(C(C)(C)c3nc4ccc(F)cc4o3)o2)C(C)C)c1=O. The van der Waals surface area contributed by atoms with Gasteiger partial charge in [0.2, 0.25) is 23.5 Å². The summed E-state index contributed by atoms with van der Waals surface area (Å²) in [6.45, 7) is 11.8. The lowest BCUT2D eigenvalue weighted by atomic mass is 9.93. The Morgan fingerprint density at radius 2 is 1.77 bits per heavy atom. The van der Waals surface area contributed by atoms with Gasteiger partial charge in [-0.2, -0.15) is 0 Å². The normalized spacial score (nSPS) is 12.8. The molecule has 0 unspecified atom stereocenters. The monoisotopic (exact) mass is 611 g/mol. The molecule has 1 atom stereocenters. The van der Waals surface area contributed by atoms with Crippen molar-refractivity contribution >= 4 is 34.6 Å². The summed E-state index contributed by atoms with van der Waals surface area (Å²) in [5.41, 5.74) is -1.92. The number of carbonyl (C=O) groups excluding carboxylic acids is 3. The zero-order chi connectivity index (χ0) is 32.6. The zero-order valence-corrected chi connectivity index (χ0v) is 25.6. The van der Waals surface area contributed by atoms with Crippen molar-refractivity contribution in [1.29, 1.82) is 0 Å². The number of Topliss-reactive ketones (excluding diaryl/α,β-unsaturated/α-hetero) is 1. The topological polar surface area (TPSA) is 184 Å². The van der Waals surface area contributed by atoms with E-state index in [1.807, 2.05) is 20.8 Å². The lowest BCUT2D eigenvalue weighted by molar-refractivity contribution is -0.122. The van der Waals surface area contributed by atoms with E-state index in [0.717, 1.165) is 11.7 Å². The summed E-state index contributed by atoms with van der Waals surface area (Å²) >= 11 is 0. The first-order valence-electron chi connectivity index (χ1n) is 13.7. The van der Waals surface area contributed by atoms with Crippen LogP contribution < -0.4 is 16.2 Å². The van der Waals surface area contributed by atoms with Gasteiger partial charge in [0.1, 0.15) is 34.8 Å². The smallest absolute Gasteiger partial charge is 0.411 e. The van der Waals surface area contributed by atoms with Crippen molar-refractivity contribution in [3.8, 4) is 0 Å². The molecule has 4 rings (SSSR count). The van der Waals surface area contributed by atoms with E-state index in [1.54, 1.807) is 27.7 Å². The molecule has 44 heavy (non-hydrogen) atoms. The highest BCUT2D eigenvalue weighted by atomic mass is 19.1. The number of hydrogen-bond acceptors (Lipinski definition) is 11. The second-order valence-electron chi connectivity index (χ2n) is 12.1. The number of aromatic nitrogens is 5. The van der Waals surface area contributed by atoms with Crippen LogP contribution in [0.1, 0.15) is 76.8 Å². The molecular weight excluding hydrogens is 577 g/mol. The summed E-state index contributed by atoms with van der Waals surface area (Å²) in [7, 11) is 1.15. The molecule has 4 aromatic rings. The number of nitrogens with zero attached hydrogens (tertiary/aromatic N) is 5. The van der Waals surface area contributed by atoms with E-state index in [0.29, 0.717) is 5.52 Å². The predicted molar refractivity (Wildman–Crippen MR) is 155 cm³/mol. The van der Waals surface area contributed by atoms with E-state index in [2.05, 4.69) is 35.5 Å². The highest BCUT2D eigenvalue weighted by Gasteiger charge is 2.37. The molecule has 0 aliphatic carbocycles. The summed E-state index contributed by atoms with van der Waals surface area (Å²) < 4.78 is 30.8. The number of nitrogens with one attached hydrogen (secondary N) is 2. The quantitative estimate of drug-likeness (QED) is 0.263. The number of hydrogen-bond donors (Lipinski definition) is 2. The van der Waals surface area contributed by atoms with Crippen LogP contribution in [0.2, 0.25) is 0 Å². The zero-order valence-electron chi connectivity index (χ0n) is 25.6. The van der Waals surface area contributed by atoms with E-state index in [-0.39, 0.29) is 34.8 Å². The van der Waals surface area contributed by atoms with Gasteiger partial charge in [0.15, 0.2) is 5.58 Å². The molecule has 2 amide bonds. The Labute approximate surface area is 251 Å². The molecule has 0 bridgehead atoms. The van der Waals surface area contributed by atoms with Crippen molar-refractivity contribution in [1.82, 2.24) is 30.0 Å². The molecule has 0 saturated heterocycles. The minimum absolute atomic E-state index is 0.0177. The van der Waals surface area contributed by atoms with Crippen molar-refractivity contribution < 1.29 is 32.3 Å². The third kappa shape index (κ3) is 6.50. The van der Waals surface area contributed by atoms with Crippen LogP contribution in [0.5, 0.6) is 0 Å². The lowest BCUT2D eigenvalue weighted by Crippen LogP contribution is -2.47. The van der Waals surface area contributed by atoms with E-state index in [1.165, 1.54) is 24.4 Å². The number of anilines is 1. The molecule has 15 heteroatoms. The molecule has 0 spiro atoms. The van der Waals surface area contributed by atoms with Gasteiger partial charge in [-0.3, -0.25) is 24.3 Å². The van der Waals surface area contributed by atoms with Crippen molar-refractivity contribution in [3.05, 3.63) is 64.1 Å². The number of oxazole rings is 1. The molecule has 0 fully saturated rings. The van der Waals surface area contributed by atoms with Gasteiger partial charge in [0.05, 0.1) is 19.3 Å². The first-order valence-corrected chi connectivity index (χ1v) is 13.7. The van der Waals surface area contributed by atoms with Crippen molar-refractivity contribution in [2.45, 2.75) is 71.9 Å². The second-order valence-corrected chi connectivity index (χ2v) is 12.1. The molecule has 234 valence electrons. The minimum atomic E-state index is -1.09. The summed E-state index contributed by atoms with van der Waals surface area (Å²) in [4.78, 5) is 60.4. The number of amides is 2. The highest BCUT2D eigenvalue weighted by Crippen LogP contribution is 2.32. The van der Waals surface area contributed by atoms with E-state index < -0.39 is 58.5 Å². The summed E-state index contributed by atoms with van der Waals surface area (Å²) in [6, 6.07) is 2.86. The fraction of sp³-hybridized carbons (Fsp3) is 0.448. The van der Waals surface area contributed by atoms with Gasteiger partial charge in [-0.1, -0.05) is 34.6 Å². The molecule has 14 nitrogen and oxygen atoms in total. The fourth-order valence-electron chi connectivity index (χ4n) is 4.35. The van der Waals surface area contributed by atoms with Crippen LogP contribution in [0.25, 0.3) is 11.1 Å². The van der Waals surface area contributed by atoms with Crippen molar-refractivity contribution in [2.24, 2.45) is 5.92 Å². The summed E-state index contributed by atoms with van der Waals surface area (Å²) in [6.07, 6.45) is 0.323. The standard InChI is InChI=1S/C29H34FN7O7/c1-14(2)20(34-19(38)13-37-23(40)17(33-27(41)42-8)12-31-24(37)28(3,4)5)21(39)22-35-36-26(44-22)29(6,7)25-32-16-10-9-15(30)11-18(16)43-25/h9-12,14,20H,13H2,1-8H3,(H,33,41)(H,34,38)/t20-/m1/s1. The fourth-order valence-corrected chi connectivity index (χ4v) is 4.35. The average molecular weight is 612 g/mol. The number of halogens is 1. The molecule has 3 aromatic heterocycles. The molecule has 0 saturated carbocycles. The van der Waals surface area contributed by atoms with Crippen LogP contribution in [0.4, 0.5) is 14.9 Å². The van der Waals surface area contributed by atoms with E-state index >= 15 is 0 Å². The molecule has 3 heterocycles. The lowest BCUT2D eigenvalue weighted by Gasteiger charge is -2.24. The second kappa shape index (κ2) is 12.0. The van der Waals surface area contributed by atoms with Crippen LogP contribution >= 0.6 is 0 Å². The van der Waals surface area contributed by atoms with Crippen molar-refractivity contribution in [2.75, 3.05) is 12.4 Å². The summed E-state index contributed by atoms with van der Waals surface area (Å²) in [5.74, 6) is -2.08. The Hall–Kier alpha value is -4.95.